The summed E-state index contributed by atoms with van der Waals surface area (Å²) in [7, 11) is 0. The lowest BCUT2D eigenvalue weighted by Crippen LogP contribution is -2.29. The van der Waals surface area contributed by atoms with E-state index in [1.54, 1.807) is 6.92 Å². The molecule has 1 atom stereocenters. The highest BCUT2D eigenvalue weighted by Gasteiger charge is 2.36. The van der Waals surface area contributed by atoms with E-state index < -0.39 is 11.8 Å². The monoisotopic (exact) mass is 288 g/mol. The fourth-order valence-electron chi connectivity index (χ4n) is 1.92. The normalized spacial score (nSPS) is 19.4. The maximum absolute atomic E-state index is 11.8. The summed E-state index contributed by atoms with van der Waals surface area (Å²) < 4.78 is 0. The van der Waals surface area contributed by atoms with Gasteiger partial charge in [-0.2, -0.15) is 0 Å². The van der Waals surface area contributed by atoms with Crippen LogP contribution < -0.4 is 10.6 Å². The Morgan fingerprint density at radius 2 is 2.11 bits per heavy atom. The zero-order valence-electron chi connectivity index (χ0n) is 9.48. The number of carbonyl (C=O) groups excluding carboxylic acids is 2. The number of amides is 2. The van der Waals surface area contributed by atoms with Gasteiger partial charge in [-0.1, -0.05) is 11.6 Å². The van der Waals surface area contributed by atoms with Crippen molar-refractivity contribution in [3.05, 3.63) is 16.1 Å². The first-order valence-corrected chi connectivity index (χ1v) is 5.95. The van der Waals surface area contributed by atoms with E-state index in [2.05, 4.69) is 9.97 Å². The summed E-state index contributed by atoms with van der Waals surface area (Å²) in [5, 5.41) is 0.102. The van der Waals surface area contributed by atoms with Crippen molar-refractivity contribution in [1.29, 1.82) is 0 Å². The van der Waals surface area contributed by atoms with Gasteiger partial charge < -0.3 is 10.6 Å². The number of hydrogen-bond acceptors (Lipinski definition) is 4. The second-order valence-corrected chi connectivity index (χ2v) is 4.72. The van der Waals surface area contributed by atoms with Crippen LogP contribution in [-0.4, -0.2) is 28.3 Å². The number of nitrogens with zero attached hydrogens (tertiary/aromatic N) is 3. The van der Waals surface area contributed by atoms with Crippen molar-refractivity contribution in [2.45, 2.75) is 13.3 Å². The van der Waals surface area contributed by atoms with Gasteiger partial charge in [0.2, 0.25) is 17.1 Å². The van der Waals surface area contributed by atoms with Crippen molar-refractivity contribution in [2.24, 2.45) is 11.7 Å². The number of aromatic nitrogens is 2. The number of halogens is 2. The van der Waals surface area contributed by atoms with Crippen molar-refractivity contribution in [3.63, 3.8) is 0 Å². The molecule has 0 bridgehead atoms. The van der Waals surface area contributed by atoms with Crippen LogP contribution in [0, 0.1) is 12.8 Å². The average molecular weight is 289 g/mol. The lowest BCUT2D eigenvalue weighted by atomic mass is 10.1. The lowest BCUT2D eigenvalue weighted by molar-refractivity contribution is -0.123. The standard InChI is InChI=1S/C10H10Cl2N4O2/c1-4-7(8(11)15-10(12)14-4)16-3-5(9(13)18)2-6(16)17/h5H,2-3H2,1H3,(H2,13,18). The van der Waals surface area contributed by atoms with Crippen molar-refractivity contribution >= 4 is 40.7 Å². The molecule has 1 aromatic heterocycles. The van der Waals surface area contributed by atoms with E-state index in [0.29, 0.717) is 11.4 Å². The highest BCUT2D eigenvalue weighted by molar-refractivity contribution is 6.34. The van der Waals surface area contributed by atoms with Crippen LogP contribution in [0.1, 0.15) is 12.1 Å². The van der Waals surface area contributed by atoms with E-state index in [9.17, 15) is 9.59 Å². The van der Waals surface area contributed by atoms with E-state index in [1.165, 1.54) is 4.90 Å². The predicted octanol–water partition coefficient (Wildman–Crippen LogP) is 0.930. The van der Waals surface area contributed by atoms with Gasteiger partial charge in [0.1, 0.15) is 5.69 Å². The van der Waals surface area contributed by atoms with E-state index in [-0.39, 0.29) is 29.3 Å². The minimum atomic E-state index is -0.511. The Balaban J connectivity index is 2.39. The van der Waals surface area contributed by atoms with Gasteiger partial charge in [-0.3, -0.25) is 9.59 Å². The first-order valence-electron chi connectivity index (χ1n) is 5.19. The van der Waals surface area contributed by atoms with Crippen LogP contribution in [-0.2, 0) is 9.59 Å². The fourth-order valence-corrected chi connectivity index (χ4v) is 2.49. The van der Waals surface area contributed by atoms with Crippen LogP contribution in [0.4, 0.5) is 5.69 Å². The Morgan fingerprint density at radius 3 is 2.61 bits per heavy atom. The molecule has 1 fully saturated rings. The van der Waals surface area contributed by atoms with E-state index in [0.717, 1.165) is 0 Å². The summed E-state index contributed by atoms with van der Waals surface area (Å²) in [6.45, 7) is 1.86. The lowest BCUT2D eigenvalue weighted by Gasteiger charge is -2.18. The molecule has 1 aromatic rings. The van der Waals surface area contributed by atoms with Crippen molar-refractivity contribution < 1.29 is 9.59 Å². The van der Waals surface area contributed by atoms with Crippen LogP contribution in [0.15, 0.2) is 0 Å². The molecule has 0 saturated carbocycles. The first-order chi connectivity index (χ1) is 8.40. The summed E-state index contributed by atoms with van der Waals surface area (Å²) in [6.07, 6.45) is 0.0771. The molecule has 2 N–H and O–H groups in total. The van der Waals surface area contributed by atoms with Crippen LogP contribution in [0.25, 0.3) is 0 Å². The Morgan fingerprint density at radius 1 is 1.44 bits per heavy atom. The maximum atomic E-state index is 11.8. The molecule has 18 heavy (non-hydrogen) atoms. The molecule has 2 rings (SSSR count). The quantitative estimate of drug-likeness (QED) is 0.648. The predicted molar refractivity (Wildman–Crippen MR) is 66.4 cm³/mol. The van der Waals surface area contributed by atoms with Crippen LogP contribution in [0.5, 0.6) is 0 Å². The fraction of sp³-hybridized carbons (Fsp3) is 0.400. The molecule has 2 amide bonds. The molecular formula is C10H10Cl2N4O2. The molecule has 1 unspecified atom stereocenters. The Labute approximate surface area is 113 Å². The largest absolute Gasteiger partial charge is 0.369 e. The SMILES string of the molecule is Cc1nc(Cl)nc(Cl)c1N1CC(C(N)=O)CC1=O. The van der Waals surface area contributed by atoms with Crippen molar-refractivity contribution in [1.82, 2.24) is 9.97 Å². The highest BCUT2D eigenvalue weighted by Crippen LogP contribution is 2.32. The van der Waals surface area contributed by atoms with Gasteiger partial charge in [-0.05, 0) is 18.5 Å². The molecule has 6 nitrogen and oxygen atoms in total. The van der Waals surface area contributed by atoms with Crippen molar-refractivity contribution in [2.75, 3.05) is 11.4 Å². The van der Waals surface area contributed by atoms with Gasteiger partial charge in [0.05, 0.1) is 11.6 Å². The number of rotatable bonds is 2. The van der Waals surface area contributed by atoms with Gasteiger partial charge in [-0.25, -0.2) is 9.97 Å². The molecule has 2 heterocycles. The van der Waals surface area contributed by atoms with E-state index in [1.807, 2.05) is 0 Å². The molecule has 1 aliphatic rings. The minimum Gasteiger partial charge on any atom is -0.369 e. The molecule has 8 heteroatoms. The summed E-state index contributed by atoms with van der Waals surface area (Å²) in [5.41, 5.74) is 6.07. The Bertz CT molecular complexity index is 512. The second-order valence-electron chi connectivity index (χ2n) is 4.03. The number of anilines is 1. The smallest absolute Gasteiger partial charge is 0.228 e. The molecule has 96 valence electrons. The van der Waals surface area contributed by atoms with Crippen LogP contribution in [0.2, 0.25) is 10.4 Å². The summed E-state index contributed by atoms with van der Waals surface area (Å²) in [6, 6.07) is 0. The van der Waals surface area contributed by atoms with Crippen LogP contribution in [0.3, 0.4) is 0 Å². The molecule has 1 saturated heterocycles. The molecule has 1 aliphatic heterocycles. The van der Waals surface area contributed by atoms with Crippen LogP contribution >= 0.6 is 23.2 Å². The molecule has 0 aromatic carbocycles. The summed E-state index contributed by atoms with van der Waals surface area (Å²) in [5.74, 6) is -1.24. The van der Waals surface area contributed by atoms with E-state index in [4.69, 9.17) is 28.9 Å². The number of carbonyl (C=O) groups is 2. The van der Waals surface area contributed by atoms with E-state index >= 15 is 0 Å². The topological polar surface area (TPSA) is 89.2 Å². The maximum Gasteiger partial charge on any atom is 0.228 e. The first kappa shape index (κ1) is 13.0. The third-order valence-corrected chi connectivity index (χ3v) is 3.22. The number of primary amides is 1. The number of hydrogen-bond donors (Lipinski definition) is 1. The van der Waals surface area contributed by atoms with Gasteiger partial charge in [0, 0.05) is 13.0 Å². The van der Waals surface area contributed by atoms with Crippen molar-refractivity contribution in [3.8, 4) is 0 Å². The molecule has 0 aliphatic carbocycles. The Kier molecular flexibility index (Phi) is 3.41. The molecule has 0 spiro atoms. The highest BCUT2D eigenvalue weighted by atomic mass is 35.5. The summed E-state index contributed by atoms with van der Waals surface area (Å²) in [4.78, 5) is 32.1. The number of aryl methyl sites for hydroxylation is 1. The minimum absolute atomic E-state index is 0.0133. The zero-order valence-corrected chi connectivity index (χ0v) is 11.0. The molecular weight excluding hydrogens is 279 g/mol. The van der Waals surface area contributed by atoms with Gasteiger partial charge in [0.25, 0.3) is 0 Å². The average Bonchev–Trinajstić information content (AvgIpc) is 2.59. The Hall–Kier alpha value is -1.40. The van der Waals surface area contributed by atoms with Gasteiger partial charge >= 0.3 is 0 Å². The third kappa shape index (κ3) is 2.26. The third-order valence-electron chi connectivity index (χ3n) is 2.79. The van der Waals surface area contributed by atoms with Gasteiger partial charge in [0.15, 0.2) is 5.15 Å². The second kappa shape index (κ2) is 4.70. The molecule has 0 radical (unpaired) electrons. The van der Waals surface area contributed by atoms with Gasteiger partial charge in [-0.15, -0.1) is 0 Å². The number of nitrogens with two attached hydrogens (primary N) is 1. The summed E-state index contributed by atoms with van der Waals surface area (Å²) >= 11 is 11.6. The zero-order chi connectivity index (χ0) is 13.4.